The zero-order valence-corrected chi connectivity index (χ0v) is 11.1. The average Bonchev–Trinajstić information content (AvgIpc) is 3.22. The second-order valence-corrected chi connectivity index (χ2v) is 5.47. The van der Waals surface area contributed by atoms with Gasteiger partial charge in [0.05, 0.1) is 11.1 Å². The molecule has 0 bridgehead atoms. The Morgan fingerprint density at radius 2 is 2.00 bits per heavy atom. The Morgan fingerprint density at radius 1 is 1.28 bits per heavy atom. The van der Waals surface area contributed by atoms with Gasteiger partial charge in [0.2, 0.25) is 0 Å². The van der Waals surface area contributed by atoms with Crippen LogP contribution in [0.15, 0.2) is 24.3 Å². The molecule has 1 aliphatic rings. The first kappa shape index (κ1) is 11.7. The van der Waals surface area contributed by atoms with Crippen molar-refractivity contribution in [3.8, 4) is 0 Å². The third-order valence-corrected chi connectivity index (χ3v) is 3.98. The van der Waals surface area contributed by atoms with Crippen molar-refractivity contribution in [3.05, 3.63) is 30.0 Å². The Balaban J connectivity index is 1.85. The van der Waals surface area contributed by atoms with Crippen molar-refractivity contribution in [2.24, 2.45) is 5.92 Å². The van der Waals surface area contributed by atoms with Crippen molar-refractivity contribution in [2.75, 3.05) is 11.9 Å². The van der Waals surface area contributed by atoms with Crippen LogP contribution in [0.3, 0.4) is 0 Å². The molecule has 1 heterocycles. The molecule has 1 unspecified atom stereocenters. The molecule has 1 N–H and O–H groups in total. The molecule has 0 radical (unpaired) electrons. The molecule has 18 heavy (non-hydrogen) atoms. The summed E-state index contributed by atoms with van der Waals surface area (Å²) in [6, 6.07) is 8.19. The summed E-state index contributed by atoms with van der Waals surface area (Å²) < 4.78 is 0. The van der Waals surface area contributed by atoms with Gasteiger partial charge in [0.1, 0.15) is 0 Å². The maximum Gasteiger partial charge on any atom is 0.156 e. The third-order valence-electron chi connectivity index (χ3n) is 3.47. The standard InChI is InChI=1S/C14H16ClN3/c1-9-11-4-2-3-5-12(11)14(18-17-9)16-8-13(15)10-6-7-10/h2-5,10,13H,6-8H2,1H3,(H,16,18). The van der Waals surface area contributed by atoms with E-state index in [-0.39, 0.29) is 5.38 Å². The van der Waals surface area contributed by atoms with Crippen LogP contribution in [0.4, 0.5) is 5.82 Å². The van der Waals surface area contributed by atoms with Crippen molar-refractivity contribution >= 4 is 28.2 Å². The first-order valence-electron chi connectivity index (χ1n) is 6.35. The predicted octanol–water partition coefficient (Wildman–Crippen LogP) is 3.37. The minimum absolute atomic E-state index is 0.201. The summed E-state index contributed by atoms with van der Waals surface area (Å²) in [4.78, 5) is 0. The number of halogens is 1. The molecule has 0 spiro atoms. The molecule has 4 heteroatoms. The molecule has 0 saturated heterocycles. The second-order valence-electron chi connectivity index (χ2n) is 4.91. The van der Waals surface area contributed by atoms with Crippen LogP contribution in [0.2, 0.25) is 0 Å². The summed E-state index contributed by atoms with van der Waals surface area (Å²) in [7, 11) is 0. The van der Waals surface area contributed by atoms with E-state index in [2.05, 4.69) is 27.6 Å². The number of hydrogen-bond donors (Lipinski definition) is 1. The van der Waals surface area contributed by atoms with Crippen molar-refractivity contribution < 1.29 is 0 Å². The summed E-state index contributed by atoms with van der Waals surface area (Å²) in [6.45, 7) is 2.74. The molecule has 3 rings (SSSR count). The maximum absolute atomic E-state index is 6.30. The molecule has 0 aliphatic heterocycles. The van der Waals surface area contributed by atoms with E-state index in [0.29, 0.717) is 5.92 Å². The SMILES string of the molecule is Cc1nnc(NCC(Cl)C2CC2)c2ccccc12. The number of nitrogens with zero attached hydrogens (tertiary/aromatic N) is 2. The van der Waals surface area contributed by atoms with Crippen LogP contribution >= 0.6 is 11.6 Å². The first-order valence-corrected chi connectivity index (χ1v) is 6.79. The van der Waals surface area contributed by atoms with Crippen LogP contribution in [0, 0.1) is 12.8 Å². The molecular formula is C14H16ClN3. The number of benzene rings is 1. The number of nitrogens with one attached hydrogen (secondary N) is 1. The summed E-state index contributed by atoms with van der Waals surface area (Å²) in [5, 5.41) is 14.2. The fourth-order valence-electron chi connectivity index (χ4n) is 2.19. The van der Waals surface area contributed by atoms with Gasteiger partial charge in [-0.25, -0.2) is 0 Å². The minimum Gasteiger partial charge on any atom is -0.367 e. The molecule has 3 nitrogen and oxygen atoms in total. The average molecular weight is 262 g/mol. The molecule has 1 atom stereocenters. The predicted molar refractivity (Wildman–Crippen MR) is 75.1 cm³/mol. The molecule has 2 aromatic rings. The normalized spacial score (nSPS) is 16.8. The zero-order valence-electron chi connectivity index (χ0n) is 10.4. The summed E-state index contributed by atoms with van der Waals surface area (Å²) in [6.07, 6.45) is 2.52. The summed E-state index contributed by atoms with van der Waals surface area (Å²) in [5.41, 5.74) is 0.959. The zero-order chi connectivity index (χ0) is 12.5. The van der Waals surface area contributed by atoms with E-state index in [0.717, 1.165) is 28.8 Å². The van der Waals surface area contributed by atoms with Gasteiger partial charge in [-0.3, -0.25) is 0 Å². The molecule has 0 amide bonds. The van der Waals surface area contributed by atoms with Crippen LogP contribution in [0.25, 0.3) is 10.8 Å². The lowest BCUT2D eigenvalue weighted by molar-refractivity contribution is 0.767. The van der Waals surface area contributed by atoms with E-state index in [1.165, 1.54) is 12.8 Å². The van der Waals surface area contributed by atoms with E-state index in [4.69, 9.17) is 11.6 Å². The van der Waals surface area contributed by atoms with E-state index in [9.17, 15) is 0 Å². The van der Waals surface area contributed by atoms with Crippen LogP contribution in [-0.4, -0.2) is 22.1 Å². The van der Waals surface area contributed by atoms with E-state index in [1.54, 1.807) is 0 Å². The van der Waals surface area contributed by atoms with Crippen molar-refractivity contribution in [3.63, 3.8) is 0 Å². The van der Waals surface area contributed by atoms with Gasteiger partial charge in [-0.1, -0.05) is 24.3 Å². The summed E-state index contributed by atoms with van der Waals surface area (Å²) >= 11 is 6.30. The number of hydrogen-bond acceptors (Lipinski definition) is 3. The van der Waals surface area contributed by atoms with E-state index in [1.807, 2.05) is 19.1 Å². The van der Waals surface area contributed by atoms with Crippen molar-refractivity contribution in [1.29, 1.82) is 0 Å². The Kier molecular flexibility index (Phi) is 3.08. The first-order chi connectivity index (χ1) is 8.75. The number of aromatic nitrogens is 2. The molecule has 1 aliphatic carbocycles. The molecule has 94 valence electrons. The number of anilines is 1. The Labute approximate surface area is 112 Å². The van der Waals surface area contributed by atoms with Gasteiger partial charge in [-0.05, 0) is 25.7 Å². The molecule has 1 fully saturated rings. The minimum atomic E-state index is 0.201. The van der Waals surface area contributed by atoms with Gasteiger partial charge in [0.15, 0.2) is 5.82 Å². The lowest BCUT2D eigenvalue weighted by Crippen LogP contribution is -2.17. The quantitative estimate of drug-likeness (QED) is 0.858. The van der Waals surface area contributed by atoms with E-state index >= 15 is 0 Å². The monoisotopic (exact) mass is 261 g/mol. The molecule has 1 saturated carbocycles. The van der Waals surface area contributed by atoms with Crippen LogP contribution in [0.1, 0.15) is 18.5 Å². The fourth-order valence-corrected chi connectivity index (χ4v) is 2.52. The smallest absolute Gasteiger partial charge is 0.156 e. The Hall–Kier alpha value is -1.35. The topological polar surface area (TPSA) is 37.8 Å². The highest BCUT2D eigenvalue weighted by Crippen LogP contribution is 2.35. The third kappa shape index (κ3) is 2.27. The Morgan fingerprint density at radius 3 is 2.72 bits per heavy atom. The molecular weight excluding hydrogens is 246 g/mol. The number of alkyl halides is 1. The maximum atomic E-state index is 6.30. The molecule has 1 aromatic heterocycles. The van der Waals surface area contributed by atoms with Gasteiger partial charge >= 0.3 is 0 Å². The number of fused-ring (bicyclic) bond motifs is 1. The lowest BCUT2D eigenvalue weighted by atomic mass is 10.1. The number of aryl methyl sites for hydroxylation is 1. The Bertz CT molecular complexity index is 566. The summed E-state index contributed by atoms with van der Waals surface area (Å²) in [5.74, 6) is 1.52. The van der Waals surface area contributed by atoms with Crippen molar-refractivity contribution in [1.82, 2.24) is 10.2 Å². The second kappa shape index (κ2) is 4.73. The van der Waals surface area contributed by atoms with Gasteiger partial charge in [0.25, 0.3) is 0 Å². The highest BCUT2D eigenvalue weighted by molar-refractivity contribution is 6.21. The van der Waals surface area contributed by atoms with Gasteiger partial charge in [-0.15, -0.1) is 16.7 Å². The largest absolute Gasteiger partial charge is 0.367 e. The van der Waals surface area contributed by atoms with Gasteiger partial charge in [-0.2, -0.15) is 5.10 Å². The van der Waals surface area contributed by atoms with Gasteiger partial charge in [0, 0.05) is 17.3 Å². The highest BCUT2D eigenvalue weighted by atomic mass is 35.5. The fraction of sp³-hybridized carbons (Fsp3) is 0.429. The van der Waals surface area contributed by atoms with Crippen LogP contribution in [-0.2, 0) is 0 Å². The van der Waals surface area contributed by atoms with Gasteiger partial charge < -0.3 is 5.32 Å². The van der Waals surface area contributed by atoms with E-state index < -0.39 is 0 Å². The highest BCUT2D eigenvalue weighted by Gasteiger charge is 2.29. The van der Waals surface area contributed by atoms with Crippen LogP contribution in [0.5, 0.6) is 0 Å². The number of rotatable bonds is 4. The van der Waals surface area contributed by atoms with Crippen LogP contribution < -0.4 is 5.32 Å². The molecule has 1 aromatic carbocycles. The van der Waals surface area contributed by atoms with Crippen molar-refractivity contribution in [2.45, 2.75) is 25.1 Å². The lowest BCUT2D eigenvalue weighted by Gasteiger charge is -2.12.